The molecule has 0 aliphatic rings. The molecule has 0 radical (unpaired) electrons. The molecule has 0 amide bonds. The van der Waals surface area contributed by atoms with E-state index in [0.29, 0.717) is 0 Å². The van der Waals surface area contributed by atoms with Crippen LogP contribution in [0.2, 0.25) is 0 Å². The SMILES string of the molecule is C[C@@H](N)Cc1ccc(CCCCC(=O)O)cc1.Cl. The number of hydrogen-bond acceptors (Lipinski definition) is 2. The van der Waals surface area contributed by atoms with E-state index >= 15 is 0 Å². The van der Waals surface area contributed by atoms with Crippen molar-refractivity contribution in [1.29, 1.82) is 0 Å². The molecular weight excluding hydrogens is 250 g/mol. The second-order valence-corrected chi connectivity index (χ2v) is 4.60. The summed E-state index contributed by atoms with van der Waals surface area (Å²) < 4.78 is 0. The number of hydrogen-bond donors (Lipinski definition) is 2. The second-order valence-electron chi connectivity index (χ2n) is 4.60. The van der Waals surface area contributed by atoms with Crippen molar-refractivity contribution in [3.05, 3.63) is 35.4 Å². The van der Waals surface area contributed by atoms with Gasteiger partial charge in [0.1, 0.15) is 0 Å². The fourth-order valence-electron chi connectivity index (χ4n) is 1.82. The average molecular weight is 272 g/mol. The fourth-order valence-corrected chi connectivity index (χ4v) is 1.82. The third-order valence-corrected chi connectivity index (χ3v) is 2.69. The van der Waals surface area contributed by atoms with Crippen LogP contribution in [0.1, 0.15) is 37.3 Å². The molecular formula is C14H22ClNO2. The highest BCUT2D eigenvalue weighted by Gasteiger charge is 2.00. The summed E-state index contributed by atoms with van der Waals surface area (Å²) in [6.45, 7) is 2.00. The fraction of sp³-hybridized carbons (Fsp3) is 0.500. The molecule has 102 valence electrons. The number of rotatable bonds is 7. The van der Waals surface area contributed by atoms with Crippen molar-refractivity contribution < 1.29 is 9.90 Å². The van der Waals surface area contributed by atoms with Gasteiger partial charge in [-0.3, -0.25) is 4.79 Å². The van der Waals surface area contributed by atoms with E-state index in [4.69, 9.17) is 10.8 Å². The molecule has 0 bridgehead atoms. The molecule has 0 saturated heterocycles. The molecule has 1 atom stereocenters. The molecule has 0 aliphatic heterocycles. The minimum atomic E-state index is -0.711. The molecule has 18 heavy (non-hydrogen) atoms. The van der Waals surface area contributed by atoms with E-state index in [1.165, 1.54) is 11.1 Å². The third-order valence-electron chi connectivity index (χ3n) is 2.69. The number of carbonyl (C=O) groups is 1. The van der Waals surface area contributed by atoms with E-state index < -0.39 is 5.97 Å². The number of carboxylic acid groups (broad SMARTS) is 1. The summed E-state index contributed by atoms with van der Waals surface area (Å²) in [4.78, 5) is 10.3. The number of aryl methyl sites for hydroxylation is 1. The quantitative estimate of drug-likeness (QED) is 0.750. The normalized spacial score (nSPS) is 11.7. The molecule has 0 unspecified atom stereocenters. The molecule has 3 nitrogen and oxygen atoms in total. The van der Waals surface area contributed by atoms with Gasteiger partial charge in [-0.25, -0.2) is 0 Å². The van der Waals surface area contributed by atoms with Crippen molar-refractivity contribution in [3.63, 3.8) is 0 Å². The standard InChI is InChI=1S/C14H21NO2.ClH/c1-11(15)10-13-8-6-12(7-9-13)4-2-3-5-14(16)17;/h6-9,11H,2-5,10,15H2,1H3,(H,16,17);1H/t11-;/m1./s1. The van der Waals surface area contributed by atoms with E-state index in [9.17, 15) is 4.79 Å². The molecule has 1 aromatic carbocycles. The van der Waals surface area contributed by atoms with Crippen molar-refractivity contribution >= 4 is 18.4 Å². The van der Waals surface area contributed by atoms with Gasteiger partial charge >= 0.3 is 5.97 Å². The molecule has 0 aliphatic carbocycles. The predicted molar refractivity (Wildman–Crippen MR) is 76.2 cm³/mol. The number of unbranched alkanes of at least 4 members (excludes halogenated alkanes) is 1. The van der Waals surface area contributed by atoms with Crippen LogP contribution in [0.5, 0.6) is 0 Å². The summed E-state index contributed by atoms with van der Waals surface area (Å²) in [7, 11) is 0. The first-order valence-electron chi connectivity index (χ1n) is 6.13. The molecule has 1 rings (SSSR count). The number of nitrogens with two attached hydrogens (primary N) is 1. The highest BCUT2D eigenvalue weighted by atomic mass is 35.5. The van der Waals surface area contributed by atoms with Crippen LogP contribution in [0.3, 0.4) is 0 Å². The lowest BCUT2D eigenvalue weighted by molar-refractivity contribution is -0.137. The zero-order valence-electron chi connectivity index (χ0n) is 10.8. The van der Waals surface area contributed by atoms with Gasteiger partial charge in [0.2, 0.25) is 0 Å². The molecule has 0 heterocycles. The van der Waals surface area contributed by atoms with Crippen molar-refractivity contribution in [3.8, 4) is 0 Å². The van der Waals surface area contributed by atoms with Gasteiger partial charge in [-0.2, -0.15) is 0 Å². The maximum absolute atomic E-state index is 10.3. The summed E-state index contributed by atoms with van der Waals surface area (Å²) in [5.41, 5.74) is 8.26. The predicted octanol–water partition coefficient (Wildman–Crippen LogP) is 2.80. The van der Waals surface area contributed by atoms with Crippen LogP contribution in [0.15, 0.2) is 24.3 Å². The van der Waals surface area contributed by atoms with Crippen LogP contribution < -0.4 is 5.73 Å². The van der Waals surface area contributed by atoms with Crippen molar-refractivity contribution in [2.75, 3.05) is 0 Å². The first-order valence-corrected chi connectivity index (χ1v) is 6.13. The molecule has 1 aromatic rings. The van der Waals surface area contributed by atoms with Crippen LogP contribution in [0.25, 0.3) is 0 Å². The van der Waals surface area contributed by atoms with Gasteiger partial charge in [0.05, 0.1) is 0 Å². The van der Waals surface area contributed by atoms with Gasteiger partial charge < -0.3 is 10.8 Å². The van der Waals surface area contributed by atoms with Gasteiger partial charge in [0.25, 0.3) is 0 Å². The Labute approximate surface area is 115 Å². The molecule has 0 spiro atoms. The van der Waals surface area contributed by atoms with E-state index in [2.05, 4.69) is 24.3 Å². The van der Waals surface area contributed by atoms with Crippen LogP contribution in [0.4, 0.5) is 0 Å². The van der Waals surface area contributed by atoms with Gasteiger partial charge in [-0.1, -0.05) is 24.3 Å². The van der Waals surface area contributed by atoms with E-state index in [-0.39, 0.29) is 24.9 Å². The first kappa shape index (κ1) is 16.9. The van der Waals surface area contributed by atoms with E-state index in [0.717, 1.165) is 25.7 Å². The summed E-state index contributed by atoms with van der Waals surface area (Å²) in [5.74, 6) is -0.711. The minimum absolute atomic E-state index is 0. The second kappa shape index (κ2) is 8.95. The molecule has 0 saturated carbocycles. The summed E-state index contributed by atoms with van der Waals surface area (Å²) in [6, 6.07) is 8.62. The highest BCUT2D eigenvalue weighted by Crippen LogP contribution is 2.10. The van der Waals surface area contributed by atoms with E-state index in [1.54, 1.807) is 0 Å². The largest absolute Gasteiger partial charge is 0.481 e. The molecule has 0 aromatic heterocycles. The van der Waals surface area contributed by atoms with Crippen molar-refractivity contribution in [2.45, 2.75) is 45.1 Å². The van der Waals surface area contributed by atoms with Gasteiger partial charge in [0.15, 0.2) is 0 Å². The van der Waals surface area contributed by atoms with Crippen molar-refractivity contribution in [1.82, 2.24) is 0 Å². The van der Waals surface area contributed by atoms with Gasteiger partial charge in [-0.15, -0.1) is 12.4 Å². The number of halogens is 1. The van der Waals surface area contributed by atoms with Crippen LogP contribution in [0, 0.1) is 0 Å². The van der Waals surface area contributed by atoms with E-state index in [1.807, 2.05) is 6.92 Å². The monoisotopic (exact) mass is 271 g/mol. The molecule has 3 N–H and O–H groups in total. The Morgan fingerprint density at radius 1 is 1.22 bits per heavy atom. The zero-order valence-corrected chi connectivity index (χ0v) is 11.6. The number of benzene rings is 1. The lowest BCUT2D eigenvalue weighted by Crippen LogP contribution is -2.17. The summed E-state index contributed by atoms with van der Waals surface area (Å²) in [6.07, 6.45) is 3.80. The molecule has 4 heteroatoms. The maximum Gasteiger partial charge on any atom is 0.303 e. The highest BCUT2D eigenvalue weighted by molar-refractivity contribution is 5.85. The Kier molecular flexibility index (Phi) is 8.42. The summed E-state index contributed by atoms with van der Waals surface area (Å²) in [5, 5.41) is 8.52. The third kappa shape index (κ3) is 7.30. The Morgan fingerprint density at radius 3 is 2.28 bits per heavy atom. The molecule has 0 fully saturated rings. The Bertz CT molecular complexity index is 349. The zero-order chi connectivity index (χ0) is 12.7. The lowest BCUT2D eigenvalue weighted by Gasteiger charge is -2.06. The van der Waals surface area contributed by atoms with Crippen LogP contribution >= 0.6 is 12.4 Å². The van der Waals surface area contributed by atoms with Crippen molar-refractivity contribution in [2.24, 2.45) is 5.73 Å². The number of aliphatic carboxylic acids is 1. The van der Waals surface area contributed by atoms with Crippen LogP contribution in [-0.2, 0) is 17.6 Å². The Morgan fingerprint density at radius 2 is 1.78 bits per heavy atom. The Balaban J connectivity index is 0.00000289. The maximum atomic E-state index is 10.3. The summed E-state index contributed by atoms with van der Waals surface area (Å²) >= 11 is 0. The smallest absolute Gasteiger partial charge is 0.303 e. The number of carboxylic acids is 1. The topological polar surface area (TPSA) is 63.3 Å². The van der Waals surface area contributed by atoms with Gasteiger partial charge in [0, 0.05) is 12.5 Å². The van der Waals surface area contributed by atoms with Gasteiger partial charge in [-0.05, 0) is 43.7 Å². The average Bonchev–Trinajstić information content (AvgIpc) is 2.25. The first-order chi connectivity index (χ1) is 8.08. The minimum Gasteiger partial charge on any atom is -0.481 e. The Hall–Kier alpha value is -1.06. The van der Waals surface area contributed by atoms with Crippen LogP contribution in [-0.4, -0.2) is 17.1 Å². The lowest BCUT2D eigenvalue weighted by atomic mass is 10.0.